The maximum atomic E-state index is 11.6. The van der Waals surface area contributed by atoms with Crippen molar-refractivity contribution in [1.82, 2.24) is 10.6 Å². The number of amides is 2. The number of hydrogen-bond acceptors (Lipinski definition) is 2. The Balaban J connectivity index is 2.23. The first-order valence-electron chi connectivity index (χ1n) is 6.43. The first kappa shape index (κ1) is 13.3. The van der Waals surface area contributed by atoms with Gasteiger partial charge in [-0.1, -0.05) is 26.7 Å². The van der Waals surface area contributed by atoms with Gasteiger partial charge < -0.3 is 16.4 Å². The molecule has 2 amide bonds. The summed E-state index contributed by atoms with van der Waals surface area (Å²) in [7, 11) is 0. The molecule has 0 bridgehead atoms. The molecule has 0 radical (unpaired) electrons. The van der Waals surface area contributed by atoms with Crippen LogP contribution in [0.4, 0.5) is 4.79 Å². The SMILES string of the molecule is CCC(N)(CC)CNC(=O)NC1CCCC1. The van der Waals surface area contributed by atoms with Crippen molar-refractivity contribution in [3.05, 3.63) is 0 Å². The van der Waals surface area contributed by atoms with E-state index in [1.54, 1.807) is 0 Å². The highest BCUT2D eigenvalue weighted by Gasteiger charge is 2.22. The third-order valence-electron chi connectivity index (χ3n) is 3.70. The molecule has 0 aliphatic heterocycles. The Hall–Kier alpha value is -0.770. The van der Waals surface area contributed by atoms with E-state index < -0.39 is 0 Å². The van der Waals surface area contributed by atoms with Crippen LogP contribution < -0.4 is 16.4 Å². The number of carbonyl (C=O) groups excluding carboxylic acids is 1. The molecule has 1 rings (SSSR count). The zero-order valence-electron chi connectivity index (χ0n) is 10.5. The average Bonchev–Trinajstić information content (AvgIpc) is 2.79. The predicted molar refractivity (Wildman–Crippen MR) is 66.3 cm³/mol. The van der Waals surface area contributed by atoms with Gasteiger partial charge in [0.25, 0.3) is 0 Å². The van der Waals surface area contributed by atoms with Gasteiger partial charge in [0.1, 0.15) is 0 Å². The maximum Gasteiger partial charge on any atom is 0.315 e. The van der Waals surface area contributed by atoms with Crippen LogP contribution in [0.3, 0.4) is 0 Å². The number of hydrogen-bond donors (Lipinski definition) is 3. The molecular weight excluding hydrogens is 202 g/mol. The standard InChI is InChI=1S/C12H25N3O/c1-3-12(13,4-2)9-14-11(16)15-10-7-5-6-8-10/h10H,3-9,13H2,1-2H3,(H2,14,15,16). The minimum atomic E-state index is -0.257. The fraction of sp³-hybridized carbons (Fsp3) is 0.917. The number of rotatable bonds is 5. The highest BCUT2D eigenvalue weighted by molar-refractivity contribution is 5.74. The second-order valence-electron chi connectivity index (χ2n) is 4.88. The lowest BCUT2D eigenvalue weighted by molar-refractivity contribution is 0.232. The summed E-state index contributed by atoms with van der Waals surface area (Å²) in [5, 5.41) is 5.87. The summed E-state index contributed by atoms with van der Waals surface area (Å²) in [6, 6.07) is 0.305. The van der Waals surface area contributed by atoms with Crippen molar-refractivity contribution >= 4 is 6.03 Å². The molecule has 94 valence electrons. The normalized spacial score (nSPS) is 17.4. The molecule has 0 heterocycles. The fourth-order valence-corrected chi connectivity index (χ4v) is 2.06. The third kappa shape index (κ3) is 4.00. The van der Waals surface area contributed by atoms with E-state index in [1.165, 1.54) is 12.8 Å². The first-order valence-corrected chi connectivity index (χ1v) is 6.43. The summed E-state index contributed by atoms with van der Waals surface area (Å²) in [5.41, 5.74) is 5.85. The van der Waals surface area contributed by atoms with E-state index in [0.29, 0.717) is 12.6 Å². The molecule has 4 nitrogen and oxygen atoms in total. The van der Waals surface area contributed by atoms with Crippen molar-refractivity contribution < 1.29 is 4.79 Å². The van der Waals surface area contributed by atoms with Gasteiger partial charge in [0.15, 0.2) is 0 Å². The lowest BCUT2D eigenvalue weighted by atomic mass is 9.94. The van der Waals surface area contributed by atoms with E-state index in [0.717, 1.165) is 25.7 Å². The Morgan fingerprint density at radius 1 is 1.31 bits per heavy atom. The monoisotopic (exact) mass is 227 g/mol. The van der Waals surface area contributed by atoms with E-state index >= 15 is 0 Å². The van der Waals surface area contributed by atoms with Crippen LogP contribution in [0.2, 0.25) is 0 Å². The zero-order chi connectivity index (χ0) is 12.0. The van der Waals surface area contributed by atoms with E-state index in [-0.39, 0.29) is 11.6 Å². The van der Waals surface area contributed by atoms with Gasteiger partial charge >= 0.3 is 6.03 Å². The summed E-state index contributed by atoms with van der Waals surface area (Å²) < 4.78 is 0. The van der Waals surface area contributed by atoms with Gasteiger partial charge in [0, 0.05) is 18.1 Å². The molecule has 16 heavy (non-hydrogen) atoms. The maximum absolute atomic E-state index is 11.6. The van der Waals surface area contributed by atoms with Crippen LogP contribution in [0.25, 0.3) is 0 Å². The molecule has 1 saturated carbocycles. The molecule has 1 fully saturated rings. The summed E-state index contributed by atoms with van der Waals surface area (Å²) in [6.07, 6.45) is 6.46. The average molecular weight is 227 g/mol. The van der Waals surface area contributed by atoms with Crippen molar-refractivity contribution in [3.63, 3.8) is 0 Å². The summed E-state index contributed by atoms with van der Waals surface area (Å²) in [6.45, 7) is 4.67. The molecule has 0 aromatic carbocycles. The lowest BCUT2D eigenvalue weighted by Crippen LogP contribution is -2.52. The van der Waals surface area contributed by atoms with E-state index in [9.17, 15) is 4.79 Å². The molecule has 0 aromatic heterocycles. The Morgan fingerprint density at radius 3 is 2.38 bits per heavy atom. The van der Waals surface area contributed by atoms with E-state index in [1.807, 2.05) is 0 Å². The van der Waals surface area contributed by atoms with E-state index in [2.05, 4.69) is 24.5 Å². The van der Waals surface area contributed by atoms with Crippen LogP contribution in [0.5, 0.6) is 0 Å². The van der Waals surface area contributed by atoms with Gasteiger partial charge in [0.2, 0.25) is 0 Å². The molecule has 1 aliphatic rings. The Morgan fingerprint density at radius 2 is 1.88 bits per heavy atom. The van der Waals surface area contributed by atoms with Gasteiger partial charge in [-0.15, -0.1) is 0 Å². The van der Waals surface area contributed by atoms with Crippen molar-refractivity contribution in [2.75, 3.05) is 6.54 Å². The highest BCUT2D eigenvalue weighted by Crippen LogP contribution is 2.17. The van der Waals surface area contributed by atoms with Crippen molar-refractivity contribution in [1.29, 1.82) is 0 Å². The minimum absolute atomic E-state index is 0.0661. The smallest absolute Gasteiger partial charge is 0.315 e. The number of carbonyl (C=O) groups is 1. The van der Waals surface area contributed by atoms with Gasteiger partial charge in [0.05, 0.1) is 0 Å². The van der Waals surface area contributed by atoms with Crippen LogP contribution in [0.1, 0.15) is 52.4 Å². The van der Waals surface area contributed by atoms with Crippen LogP contribution in [-0.4, -0.2) is 24.2 Å². The summed E-state index contributed by atoms with van der Waals surface area (Å²) in [4.78, 5) is 11.6. The lowest BCUT2D eigenvalue weighted by Gasteiger charge is -2.27. The second kappa shape index (κ2) is 6.09. The topological polar surface area (TPSA) is 67.1 Å². The first-order chi connectivity index (χ1) is 7.59. The molecule has 0 aromatic rings. The molecule has 4 heteroatoms. The predicted octanol–water partition coefficient (Wildman–Crippen LogP) is 1.75. The molecule has 1 aliphatic carbocycles. The Labute approximate surface area is 98.3 Å². The van der Waals surface area contributed by atoms with Crippen LogP contribution in [-0.2, 0) is 0 Å². The van der Waals surface area contributed by atoms with Crippen molar-refractivity contribution in [3.8, 4) is 0 Å². The largest absolute Gasteiger partial charge is 0.336 e. The molecule has 0 atom stereocenters. The third-order valence-corrected chi connectivity index (χ3v) is 3.70. The number of urea groups is 1. The summed E-state index contributed by atoms with van der Waals surface area (Å²) in [5.74, 6) is 0. The van der Waals surface area contributed by atoms with Gasteiger partial charge in [-0.25, -0.2) is 4.79 Å². The number of nitrogens with two attached hydrogens (primary N) is 1. The summed E-state index contributed by atoms with van der Waals surface area (Å²) >= 11 is 0. The van der Waals surface area contributed by atoms with Crippen LogP contribution in [0, 0.1) is 0 Å². The zero-order valence-corrected chi connectivity index (χ0v) is 10.5. The van der Waals surface area contributed by atoms with Crippen molar-refractivity contribution in [2.24, 2.45) is 5.73 Å². The van der Waals surface area contributed by atoms with Crippen molar-refractivity contribution in [2.45, 2.75) is 64.0 Å². The second-order valence-corrected chi connectivity index (χ2v) is 4.88. The van der Waals surface area contributed by atoms with Gasteiger partial charge in [-0.2, -0.15) is 0 Å². The van der Waals surface area contributed by atoms with Crippen LogP contribution >= 0.6 is 0 Å². The van der Waals surface area contributed by atoms with Gasteiger partial charge in [-0.05, 0) is 25.7 Å². The Bertz CT molecular complexity index is 220. The minimum Gasteiger partial charge on any atom is -0.336 e. The highest BCUT2D eigenvalue weighted by atomic mass is 16.2. The molecular formula is C12H25N3O. The Kier molecular flexibility index (Phi) is 5.06. The molecule has 0 unspecified atom stereocenters. The van der Waals surface area contributed by atoms with Crippen LogP contribution in [0.15, 0.2) is 0 Å². The van der Waals surface area contributed by atoms with E-state index in [4.69, 9.17) is 5.73 Å². The van der Waals surface area contributed by atoms with Gasteiger partial charge in [-0.3, -0.25) is 0 Å². The molecule has 0 spiro atoms. The quantitative estimate of drug-likeness (QED) is 0.670. The molecule has 0 saturated heterocycles. The number of nitrogens with one attached hydrogen (secondary N) is 2. The fourth-order valence-electron chi connectivity index (χ4n) is 2.06. The molecule has 4 N–H and O–H groups in total.